The molecule has 0 saturated heterocycles. The summed E-state index contributed by atoms with van der Waals surface area (Å²) in [7, 11) is 0. The van der Waals surface area contributed by atoms with Crippen LogP contribution in [0.4, 0.5) is 5.69 Å². The third-order valence-corrected chi connectivity index (χ3v) is 6.68. The fourth-order valence-corrected chi connectivity index (χ4v) is 5.11. The van der Waals surface area contributed by atoms with Crippen molar-refractivity contribution in [3.05, 3.63) is 80.2 Å². The molecular formula is C29H29IrN2O5-. The number of aromatic nitrogens is 1. The largest absolute Gasteiger partial charge is 0.512 e. The number of ketones is 1. The standard InChI is InChI=1S/C24H21N2O3.C5H8O2.Ir/c1-13-12-16(26(27)28)8-9-17(13)22-24-20(10-11-25-22)21-14(2)18-6-4-5-7-19(18)15(3)23(21)29-24;1-4(6)3-5(2)7;/h8,10-12H,4-7H2,1-3H3;3,6H,1-2H3;/q-1;;/b;4-3-;. The number of benzene rings is 2. The van der Waals surface area contributed by atoms with E-state index >= 15 is 0 Å². The Morgan fingerprint density at radius 3 is 2.32 bits per heavy atom. The first-order valence-corrected chi connectivity index (χ1v) is 12.0. The van der Waals surface area contributed by atoms with Crippen LogP contribution < -0.4 is 0 Å². The summed E-state index contributed by atoms with van der Waals surface area (Å²) in [6.07, 6.45) is 7.64. The normalized spacial score (nSPS) is 12.9. The van der Waals surface area contributed by atoms with Crippen LogP contribution in [0, 0.1) is 37.0 Å². The molecule has 2 aromatic heterocycles. The molecule has 7 nitrogen and oxygen atoms in total. The molecule has 0 fully saturated rings. The summed E-state index contributed by atoms with van der Waals surface area (Å²) in [6.45, 7) is 9.05. The number of rotatable bonds is 3. The first kappa shape index (κ1) is 28.2. The maximum Gasteiger partial charge on any atom is 0.190 e. The minimum atomic E-state index is -0.403. The Morgan fingerprint density at radius 2 is 1.78 bits per heavy atom. The number of aryl methyl sites for hydroxylation is 3. The van der Waals surface area contributed by atoms with Gasteiger partial charge in [0.2, 0.25) is 0 Å². The maximum absolute atomic E-state index is 11.1. The molecule has 0 amide bonds. The molecule has 0 atom stereocenters. The smallest absolute Gasteiger partial charge is 0.190 e. The van der Waals surface area contributed by atoms with E-state index in [1.807, 2.05) is 13.0 Å². The second kappa shape index (κ2) is 11.4. The Kier molecular flexibility index (Phi) is 8.67. The van der Waals surface area contributed by atoms with E-state index in [2.05, 4.69) is 24.9 Å². The zero-order chi connectivity index (χ0) is 26.1. The van der Waals surface area contributed by atoms with Gasteiger partial charge in [0.1, 0.15) is 11.2 Å². The van der Waals surface area contributed by atoms with E-state index in [0.717, 1.165) is 40.5 Å². The molecule has 37 heavy (non-hydrogen) atoms. The van der Waals surface area contributed by atoms with Crippen molar-refractivity contribution in [2.24, 2.45) is 0 Å². The third-order valence-electron chi connectivity index (χ3n) is 6.68. The molecule has 195 valence electrons. The van der Waals surface area contributed by atoms with Gasteiger partial charge in [-0.05, 0) is 81.7 Å². The summed E-state index contributed by atoms with van der Waals surface area (Å²) in [6, 6.07) is 8.03. The number of pyridine rings is 1. The first-order chi connectivity index (χ1) is 17.1. The van der Waals surface area contributed by atoms with Gasteiger partial charge in [0.15, 0.2) is 11.5 Å². The Hall–Kier alpha value is -3.35. The fraction of sp³-hybridized carbons (Fsp3) is 0.310. The van der Waals surface area contributed by atoms with Gasteiger partial charge < -0.3 is 14.5 Å². The van der Waals surface area contributed by atoms with E-state index in [1.54, 1.807) is 12.3 Å². The monoisotopic (exact) mass is 678 g/mol. The van der Waals surface area contributed by atoms with E-state index < -0.39 is 4.92 Å². The number of nitrogens with zero attached hydrogens (tertiary/aromatic N) is 2. The minimum absolute atomic E-state index is 0. The van der Waals surface area contributed by atoms with Crippen LogP contribution in [-0.2, 0) is 37.7 Å². The summed E-state index contributed by atoms with van der Waals surface area (Å²) in [5.74, 6) is -0.0625. The van der Waals surface area contributed by atoms with Crippen molar-refractivity contribution in [3.63, 3.8) is 0 Å². The molecule has 1 aliphatic carbocycles. The van der Waals surface area contributed by atoms with Gasteiger partial charge in [0.25, 0.3) is 0 Å². The number of furan rings is 1. The number of allylic oxidation sites excluding steroid dienone is 2. The van der Waals surface area contributed by atoms with Crippen molar-refractivity contribution in [2.45, 2.75) is 60.3 Å². The number of hydrogen-bond acceptors (Lipinski definition) is 6. The topological polar surface area (TPSA) is 106 Å². The number of nitro benzene ring substituents is 1. The van der Waals surface area contributed by atoms with E-state index in [1.165, 1.54) is 66.5 Å². The van der Waals surface area contributed by atoms with Crippen LogP contribution >= 0.6 is 0 Å². The average molecular weight is 678 g/mol. The van der Waals surface area contributed by atoms with Gasteiger partial charge >= 0.3 is 0 Å². The van der Waals surface area contributed by atoms with Gasteiger partial charge in [0.05, 0.1) is 5.76 Å². The van der Waals surface area contributed by atoms with Gasteiger partial charge in [-0.3, -0.25) is 14.9 Å². The number of carbonyl (C=O) groups is 1. The van der Waals surface area contributed by atoms with Crippen molar-refractivity contribution in [1.29, 1.82) is 0 Å². The molecule has 4 aromatic rings. The molecule has 8 heteroatoms. The fourth-order valence-electron chi connectivity index (χ4n) is 5.11. The van der Waals surface area contributed by atoms with Crippen molar-refractivity contribution >= 4 is 33.4 Å². The van der Waals surface area contributed by atoms with Gasteiger partial charge in [-0.1, -0.05) is 19.1 Å². The number of aliphatic hydroxyl groups excluding tert-OH is 1. The van der Waals surface area contributed by atoms with Gasteiger partial charge in [-0.25, -0.2) is 0 Å². The van der Waals surface area contributed by atoms with Crippen LogP contribution in [-0.4, -0.2) is 20.8 Å². The van der Waals surface area contributed by atoms with Crippen molar-refractivity contribution in [1.82, 2.24) is 4.98 Å². The summed E-state index contributed by atoms with van der Waals surface area (Å²) in [5, 5.41) is 21.7. The summed E-state index contributed by atoms with van der Waals surface area (Å²) >= 11 is 0. The molecule has 0 spiro atoms. The van der Waals surface area contributed by atoms with Crippen LogP contribution in [0.3, 0.4) is 0 Å². The number of non-ortho nitro benzene ring substituents is 1. The van der Waals surface area contributed by atoms with E-state index in [9.17, 15) is 14.9 Å². The zero-order valence-corrected chi connectivity index (χ0v) is 23.9. The number of carbonyl (C=O) groups excluding carboxylic acids is 1. The summed E-state index contributed by atoms with van der Waals surface area (Å²) in [5.41, 5.74) is 9.31. The number of hydrogen-bond donors (Lipinski definition) is 1. The van der Waals surface area contributed by atoms with Crippen molar-refractivity contribution in [2.75, 3.05) is 0 Å². The van der Waals surface area contributed by atoms with Crippen LogP contribution in [0.25, 0.3) is 33.2 Å². The SMILES string of the molecule is CC(=O)/C=C(/C)O.Cc1cc([N+](=O)[O-])c[c-]c1-c1nccc2c1oc1c(C)c3c(c(C)c12)CCCC3.[Ir]. The van der Waals surface area contributed by atoms with Crippen LogP contribution in [0.1, 0.15) is 54.5 Å². The molecule has 0 unspecified atom stereocenters. The molecule has 2 aromatic carbocycles. The summed E-state index contributed by atoms with van der Waals surface area (Å²) < 4.78 is 6.43. The molecule has 0 saturated carbocycles. The molecule has 1 N–H and O–H groups in total. The molecule has 2 heterocycles. The summed E-state index contributed by atoms with van der Waals surface area (Å²) in [4.78, 5) is 25.3. The second-order valence-electron chi connectivity index (χ2n) is 9.33. The van der Waals surface area contributed by atoms with Crippen LogP contribution in [0.15, 0.2) is 40.6 Å². The van der Waals surface area contributed by atoms with Gasteiger partial charge in [-0.15, -0.1) is 17.2 Å². The molecular weight excluding hydrogens is 649 g/mol. The maximum atomic E-state index is 11.1. The predicted molar refractivity (Wildman–Crippen MR) is 140 cm³/mol. The van der Waals surface area contributed by atoms with Gasteiger partial charge in [0, 0.05) is 53.8 Å². The van der Waals surface area contributed by atoms with Crippen LogP contribution in [0.5, 0.6) is 0 Å². The Labute approximate surface area is 229 Å². The first-order valence-electron chi connectivity index (χ1n) is 12.0. The number of aliphatic hydroxyl groups is 1. The predicted octanol–water partition coefficient (Wildman–Crippen LogP) is 7.20. The van der Waals surface area contributed by atoms with E-state index in [4.69, 9.17) is 9.52 Å². The van der Waals surface area contributed by atoms with Crippen LogP contribution in [0.2, 0.25) is 0 Å². The van der Waals surface area contributed by atoms with Gasteiger partial charge in [-0.2, -0.15) is 0 Å². The molecule has 5 rings (SSSR count). The van der Waals surface area contributed by atoms with Crippen molar-refractivity contribution < 1.29 is 39.3 Å². The quantitative estimate of drug-likeness (QED) is 0.0809. The van der Waals surface area contributed by atoms with Crippen molar-refractivity contribution in [3.8, 4) is 11.3 Å². The number of fused-ring (bicyclic) bond motifs is 4. The van der Waals surface area contributed by atoms with E-state index in [0.29, 0.717) is 5.69 Å². The van der Waals surface area contributed by atoms with E-state index in [-0.39, 0.29) is 37.3 Å². The second-order valence-corrected chi connectivity index (χ2v) is 9.33. The average Bonchev–Trinajstić information content (AvgIpc) is 3.22. The Balaban J connectivity index is 0.000000422. The third kappa shape index (κ3) is 5.50. The molecule has 0 bridgehead atoms. The zero-order valence-electron chi connectivity index (χ0n) is 21.5. The molecule has 0 aliphatic heterocycles. The molecule has 1 aliphatic rings. The Bertz CT molecular complexity index is 1550. The Morgan fingerprint density at radius 1 is 1.14 bits per heavy atom. The molecule has 1 radical (unpaired) electrons. The number of nitro groups is 1. The minimum Gasteiger partial charge on any atom is -0.512 e.